The normalized spacial score (nSPS) is 11.6. The molecule has 0 amide bonds. The number of aryl methyl sites for hydroxylation is 1. The van der Waals surface area contributed by atoms with Gasteiger partial charge in [-0.1, -0.05) is 46.3 Å². The van der Waals surface area contributed by atoms with Crippen LogP contribution in [0.5, 0.6) is 0 Å². The van der Waals surface area contributed by atoms with Crippen LogP contribution < -0.4 is 5.63 Å². The van der Waals surface area contributed by atoms with Crippen molar-refractivity contribution in [3.8, 4) is 11.1 Å². The fourth-order valence-electron chi connectivity index (χ4n) is 3.54. The number of hydrogen-bond donors (Lipinski definition) is 0. The molecule has 0 aliphatic rings. The lowest BCUT2D eigenvalue weighted by molar-refractivity contribution is 0.564. The molecule has 0 bridgehead atoms. The fourth-order valence-corrected chi connectivity index (χ4v) is 3.81. The van der Waals surface area contributed by atoms with E-state index < -0.39 is 0 Å². The van der Waals surface area contributed by atoms with Gasteiger partial charge in [0.15, 0.2) is 0 Å². The third-order valence-electron chi connectivity index (χ3n) is 4.83. The Morgan fingerprint density at radius 1 is 0.846 bits per heavy atom. The number of hydrogen-bond acceptors (Lipinski definition) is 3. The highest BCUT2D eigenvalue weighted by Crippen LogP contribution is 2.38. The summed E-state index contributed by atoms with van der Waals surface area (Å²) in [6, 6.07) is 17.7. The van der Waals surface area contributed by atoms with Crippen molar-refractivity contribution in [3.63, 3.8) is 0 Å². The summed E-state index contributed by atoms with van der Waals surface area (Å²) in [7, 11) is 0. The second-order valence-corrected chi connectivity index (χ2v) is 7.26. The summed E-state index contributed by atoms with van der Waals surface area (Å²) in [6.45, 7) is 1.93. The van der Waals surface area contributed by atoms with Gasteiger partial charge >= 0.3 is 5.63 Å². The average Bonchev–Trinajstić information content (AvgIpc) is 3.08. The molecule has 0 aliphatic carbocycles. The van der Waals surface area contributed by atoms with Crippen LogP contribution in [0.2, 0.25) is 0 Å². The highest BCUT2D eigenvalue weighted by atomic mass is 79.9. The van der Waals surface area contributed by atoms with Crippen molar-refractivity contribution in [2.45, 2.75) is 6.92 Å². The van der Waals surface area contributed by atoms with Crippen LogP contribution in [0.15, 0.2) is 79.0 Å². The van der Waals surface area contributed by atoms with E-state index in [1.54, 1.807) is 12.3 Å². The number of furan rings is 1. The maximum absolute atomic E-state index is 12.3. The molecule has 0 atom stereocenters. The minimum Gasteiger partial charge on any atom is -0.463 e. The summed E-state index contributed by atoms with van der Waals surface area (Å²) >= 11 is 3.47. The molecule has 3 nitrogen and oxygen atoms in total. The zero-order valence-corrected chi connectivity index (χ0v) is 15.5. The molecule has 5 aromatic rings. The lowest BCUT2D eigenvalue weighted by atomic mass is 9.99. The Balaban J connectivity index is 1.94. The number of benzene rings is 3. The van der Waals surface area contributed by atoms with Gasteiger partial charge in [0, 0.05) is 26.4 Å². The van der Waals surface area contributed by atoms with E-state index in [0.717, 1.165) is 42.9 Å². The Hall–Kier alpha value is -2.85. The summed E-state index contributed by atoms with van der Waals surface area (Å²) in [5.41, 5.74) is 3.94. The molecule has 0 aliphatic heterocycles. The monoisotopic (exact) mass is 404 g/mol. The van der Waals surface area contributed by atoms with Gasteiger partial charge in [0.25, 0.3) is 0 Å². The minimum absolute atomic E-state index is 0.324. The molecule has 2 aromatic heterocycles. The SMILES string of the molecule is Cc1c2occ(-c3ccc(Br)cc3)c2cc2c1oc(=O)c1ccccc12. The Labute approximate surface area is 157 Å². The van der Waals surface area contributed by atoms with E-state index in [9.17, 15) is 4.79 Å². The first kappa shape index (κ1) is 15.4. The molecule has 0 fully saturated rings. The number of rotatable bonds is 1. The second kappa shape index (κ2) is 5.58. The minimum atomic E-state index is -0.324. The van der Waals surface area contributed by atoms with Crippen molar-refractivity contribution in [2.24, 2.45) is 0 Å². The number of fused-ring (bicyclic) bond motifs is 4. The van der Waals surface area contributed by atoms with Gasteiger partial charge in [-0.15, -0.1) is 0 Å². The first-order valence-corrected chi connectivity index (χ1v) is 9.05. The summed E-state index contributed by atoms with van der Waals surface area (Å²) in [5, 5.41) is 3.42. The predicted octanol–water partition coefficient (Wildman–Crippen LogP) is 6.43. The molecule has 2 heterocycles. The van der Waals surface area contributed by atoms with Crippen LogP contribution in [0.1, 0.15) is 5.56 Å². The van der Waals surface area contributed by atoms with E-state index >= 15 is 0 Å². The van der Waals surface area contributed by atoms with Gasteiger partial charge in [-0.2, -0.15) is 0 Å². The summed E-state index contributed by atoms with van der Waals surface area (Å²) < 4.78 is 12.5. The highest BCUT2D eigenvalue weighted by Gasteiger charge is 2.17. The molecule has 3 aromatic carbocycles. The molecule has 0 unspecified atom stereocenters. The third-order valence-corrected chi connectivity index (χ3v) is 5.36. The summed E-state index contributed by atoms with van der Waals surface area (Å²) in [6.07, 6.45) is 1.76. The zero-order chi connectivity index (χ0) is 17.8. The van der Waals surface area contributed by atoms with Crippen LogP contribution in [-0.4, -0.2) is 0 Å². The van der Waals surface area contributed by atoms with Crippen molar-refractivity contribution in [2.75, 3.05) is 0 Å². The van der Waals surface area contributed by atoms with Gasteiger partial charge in [0.2, 0.25) is 0 Å². The van der Waals surface area contributed by atoms with Gasteiger partial charge in [-0.05, 0) is 42.1 Å². The van der Waals surface area contributed by atoms with Gasteiger partial charge in [0.05, 0.1) is 11.6 Å². The molecule has 0 radical (unpaired) electrons. The summed E-state index contributed by atoms with van der Waals surface area (Å²) in [4.78, 5) is 12.3. The molecule has 4 heteroatoms. The molecule has 126 valence electrons. The fraction of sp³-hybridized carbons (Fsp3) is 0.0455. The third kappa shape index (κ3) is 2.15. The maximum Gasteiger partial charge on any atom is 0.344 e. The van der Waals surface area contributed by atoms with Crippen LogP contribution in [0, 0.1) is 6.92 Å². The van der Waals surface area contributed by atoms with Crippen molar-refractivity contribution in [1.29, 1.82) is 0 Å². The van der Waals surface area contributed by atoms with Crippen molar-refractivity contribution < 1.29 is 8.83 Å². The van der Waals surface area contributed by atoms with E-state index in [0.29, 0.717) is 11.0 Å². The molecule has 0 saturated carbocycles. The van der Waals surface area contributed by atoms with E-state index in [-0.39, 0.29) is 5.63 Å². The smallest absolute Gasteiger partial charge is 0.344 e. The lowest BCUT2D eigenvalue weighted by Gasteiger charge is -2.06. The molecule has 0 saturated heterocycles. The van der Waals surface area contributed by atoms with Crippen molar-refractivity contribution in [1.82, 2.24) is 0 Å². The first-order valence-electron chi connectivity index (χ1n) is 8.26. The molecular formula is C22H13BrO3. The first-order chi connectivity index (χ1) is 12.6. The molecular weight excluding hydrogens is 392 g/mol. The van der Waals surface area contributed by atoms with Crippen LogP contribution in [0.25, 0.3) is 43.8 Å². The Morgan fingerprint density at radius 2 is 1.58 bits per heavy atom. The van der Waals surface area contributed by atoms with Gasteiger partial charge in [0.1, 0.15) is 11.2 Å². The largest absolute Gasteiger partial charge is 0.463 e. The average molecular weight is 405 g/mol. The standard InChI is InChI=1S/C22H13BrO3/c1-12-20-18(19(11-25-20)13-6-8-14(23)9-7-13)10-17-15-4-2-3-5-16(15)22(24)26-21(12)17/h2-11H,1H3. The lowest BCUT2D eigenvalue weighted by Crippen LogP contribution is -2.00. The summed E-state index contributed by atoms with van der Waals surface area (Å²) in [5.74, 6) is 0. The quantitative estimate of drug-likeness (QED) is 0.238. The van der Waals surface area contributed by atoms with Crippen LogP contribution >= 0.6 is 15.9 Å². The van der Waals surface area contributed by atoms with E-state index in [4.69, 9.17) is 8.83 Å². The second-order valence-electron chi connectivity index (χ2n) is 6.35. The van der Waals surface area contributed by atoms with E-state index in [2.05, 4.69) is 34.1 Å². The Morgan fingerprint density at radius 3 is 2.35 bits per heavy atom. The van der Waals surface area contributed by atoms with Gasteiger partial charge in [-0.3, -0.25) is 0 Å². The van der Waals surface area contributed by atoms with E-state index in [1.165, 1.54) is 0 Å². The zero-order valence-electron chi connectivity index (χ0n) is 13.9. The maximum atomic E-state index is 12.3. The van der Waals surface area contributed by atoms with Crippen molar-refractivity contribution >= 4 is 48.6 Å². The predicted molar refractivity (Wildman–Crippen MR) is 108 cm³/mol. The van der Waals surface area contributed by atoms with Crippen LogP contribution in [-0.2, 0) is 0 Å². The Bertz CT molecular complexity index is 1360. The van der Waals surface area contributed by atoms with Gasteiger partial charge < -0.3 is 8.83 Å². The van der Waals surface area contributed by atoms with Crippen LogP contribution in [0.3, 0.4) is 0 Å². The molecule has 0 spiro atoms. The molecule has 5 rings (SSSR count). The molecule has 26 heavy (non-hydrogen) atoms. The van der Waals surface area contributed by atoms with Crippen LogP contribution in [0.4, 0.5) is 0 Å². The number of halogens is 1. The molecule has 0 N–H and O–H groups in total. The topological polar surface area (TPSA) is 43.4 Å². The van der Waals surface area contributed by atoms with E-state index in [1.807, 2.05) is 37.3 Å². The van der Waals surface area contributed by atoms with Crippen molar-refractivity contribution in [3.05, 3.63) is 81.3 Å². The highest BCUT2D eigenvalue weighted by molar-refractivity contribution is 9.10. The Kier molecular flexibility index (Phi) is 3.31. The van der Waals surface area contributed by atoms with Gasteiger partial charge in [-0.25, -0.2) is 4.79 Å².